The molecule has 1 amide bonds. The third-order valence-corrected chi connectivity index (χ3v) is 3.39. The first-order chi connectivity index (χ1) is 10.1. The van der Waals surface area contributed by atoms with Gasteiger partial charge in [-0.3, -0.25) is 4.79 Å². The van der Waals surface area contributed by atoms with E-state index in [1.165, 1.54) is 0 Å². The Bertz CT molecular complexity index is 449. The molecule has 0 radical (unpaired) electrons. The SMILES string of the molecule is COc1ccc(OC)c(C(C)NC(=O)CCCCCN)c1. The monoisotopic (exact) mass is 294 g/mol. The summed E-state index contributed by atoms with van der Waals surface area (Å²) >= 11 is 0. The van der Waals surface area contributed by atoms with Gasteiger partial charge >= 0.3 is 0 Å². The maximum absolute atomic E-state index is 11.9. The van der Waals surface area contributed by atoms with Crippen molar-refractivity contribution in [2.45, 2.75) is 38.6 Å². The number of carbonyl (C=O) groups excluding carboxylic acids is 1. The number of hydrogen-bond acceptors (Lipinski definition) is 4. The average molecular weight is 294 g/mol. The van der Waals surface area contributed by atoms with Crippen LogP contribution in [0.15, 0.2) is 18.2 Å². The van der Waals surface area contributed by atoms with Gasteiger partial charge in [0.25, 0.3) is 0 Å². The highest BCUT2D eigenvalue weighted by Gasteiger charge is 2.15. The Balaban J connectivity index is 2.61. The zero-order chi connectivity index (χ0) is 15.7. The van der Waals surface area contributed by atoms with E-state index in [9.17, 15) is 4.79 Å². The predicted octanol–water partition coefficient (Wildman–Crippen LogP) is 2.40. The topological polar surface area (TPSA) is 73.6 Å². The highest BCUT2D eigenvalue weighted by atomic mass is 16.5. The number of methoxy groups -OCH3 is 2. The second-order valence-electron chi connectivity index (χ2n) is 5.00. The van der Waals surface area contributed by atoms with Crippen LogP contribution in [-0.4, -0.2) is 26.7 Å². The number of rotatable bonds is 9. The molecule has 1 atom stereocenters. The summed E-state index contributed by atoms with van der Waals surface area (Å²) in [4.78, 5) is 11.9. The molecular weight excluding hydrogens is 268 g/mol. The molecule has 0 aromatic heterocycles. The van der Waals surface area contributed by atoms with Crippen molar-refractivity contribution in [2.24, 2.45) is 5.73 Å². The van der Waals surface area contributed by atoms with Crippen molar-refractivity contribution in [3.63, 3.8) is 0 Å². The van der Waals surface area contributed by atoms with E-state index < -0.39 is 0 Å². The third kappa shape index (κ3) is 5.63. The smallest absolute Gasteiger partial charge is 0.220 e. The van der Waals surface area contributed by atoms with Crippen LogP contribution in [0.5, 0.6) is 11.5 Å². The fourth-order valence-electron chi connectivity index (χ4n) is 2.18. The molecule has 0 heterocycles. The van der Waals surface area contributed by atoms with Crippen molar-refractivity contribution in [3.05, 3.63) is 23.8 Å². The lowest BCUT2D eigenvalue weighted by atomic mass is 10.1. The van der Waals surface area contributed by atoms with Crippen LogP contribution in [0.4, 0.5) is 0 Å². The van der Waals surface area contributed by atoms with Crippen molar-refractivity contribution < 1.29 is 14.3 Å². The van der Waals surface area contributed by atoms with Crippen molar-refractivity contribution in [1.82, 2.24) is 5.32 Å². The van der Waals surface area contributed by atoms with E-state index in [2.05, 4.69) is 5.32 Å². The maximum atomic E-state index is 11.9. The van der Waals surface area contributed by atoms with E-state index in [-0.39, 0.29) is 11.9 Å². The van der Waals surface area contributed by atoms with Crippen LogP contribution in [-0.2, 0) is 4.79 Å². The van der Waals surface area contributed by atoms with Crippen LogP contribution < -0.4 is 20.5 Å². The summed E-state index contributed by atoms with van der Waals surface area (Å²) in [5, 5.41) is 2.99. The molecule has 0 aliphatic heterocycles. The number of nitrogens with two attached hydrogens (primary N) is 1. The number of benzene rings is 1. The van der Waals surface area contributed by atoms with Gasteiger partial charge in [0.1, 0.15) is 11.5 Å². The molecule has 5 heteroatoms. The van der Waals surface area contributed by atoms with Crippen LogP contribution in [0.1, 0.15) is 44.2 Å². The van der Waals surface area contributed by atoms with Gasteiger partial charge in [0.05, 0.1) is 20.3 Å². The Morgan fingerprint density at radius 1 is 1.24 bits per heavy atom. The summed E-state index contributed by atoms with van der Waals surface area (Å²) in [5.41, 5.74) is 6.34. The van der Waals surface area contributed by atoms with Gasteiger partial charge in [-0.25, -0.2) is 0 Å². The van der Waals surface area contributed by atoms with Crippen LogP contribution in [0.3, 0.4) is 0 Å². The maximum Gasteiger partial charge on any atom is 0.220 e. The lowest BCUT2D eigenvalue weighted by Gasteiger charge is -2.18. The quantitative estimate of drug-likeness (QED) is 0.686. The minimum atomic E-state index is -0.128. The van der Waals surface area contributed by atoms with Gasteiger partial charge in [0.15, 0.2) is 0 Å². The highest BCUT2D eigenvalue weighted by Crippen LogP contribution is 2.29. The van der Waals surface area contributed by atoms with Crippen LogP contribution in [0.25, 0.3) is 0 Å². The molecule has 0 saturated carbocycles. The van der Waals surface area contributed by atoms with Crippen LogP contribution in [0, 0.1) is 0 Å². The summed E-state index contributed by atoms with van der Waals surface area (Å²) in [6.45, 7) is 2.62. The van der Waals surface area contributed by atoms with Crippen LogP contribution >= 0.6 is 0 Å². The van der Waals surface area contributed by atoms with Gasteiger partial charge in [-0.2, -0.15) is 0 Å². The molecule has 1 unspecified atom stereocenters. The van der Waals surface area contributed by atoms with Crippen molar-refractivity contribution >= 4 is 5.91 Å². The molecule has 1 rings (SSSR count). The molecule has 5 nitrogen and oxygen atoms in total. The molecule has 0 spiro atoms. The molecule has 21 heavy (non-hydrogen) atoms. The lowest BCUT2D eigenvalue weighted by molar-refractivity contribution is -0.121. The van der Waals surface area contributed by atoms with E-state index in [0.717, 1.165) is 36.3 Å². The van der Waals surface area contributed by atoms with E-state index >= 15 is 0 Å². The van der Waals surface area contributed by atoms with Gasteiger partial charge < -0.3 is 20.5 Å². The Morgan fingerprint density at radius 3 is 2.62 bits per heavy atom. The predicted molar refractivity (Wildman–Crippen MR) is 83.6 cm³/mol. The zero-order valence-electron chi connectivity index (χ0n) is 13.1. The fourth-order valence-corrected chi connectivity index (χ4v) is 2.18. The minimum Gasteiger partial charge on any atom is -0.497 e. The van der Waals surface area contributed by atoms with Gasteiger partial charge in [-0.1, -0.05) is 6.42 Å². The first-order valence-electron chi connectivity index (χ1n) is 7.33. The number of carbonyl (C=O) groups is 1. The van der Waals surface area contributed by atoms with Crippen LogP contribution in [0.2, 0.25) is 0 Å². The Labute approximate surface area is 126 Å². The number of unbranched alkanes of at least 4 members (excludes halogenated alkanes) is 2. The number of amides is 1. The second kappa shape index (κ2) is 9.23. The second-order valence-corrected chi connectivity index (χ2v) is 5.00. The summed E-state index contributed by atoms with van der Waals surface area (Å²) in [7, 11) is 3.24. The van der Waals surface area contributed by atoms with Gasteiger partial charge in [-0.15, -0.1) is 0 Å². The number of hydrogen-bond donors (Lipinski definition) is 2. The molecule has 0 aliphatic carbocycles. The van der Waals surface area contributed by atoms with Crippen molar-refractivity contribution in [3.8, 4) is 11.5 Å². The minimum absolute atomic E-state index is 0.0457. The summed E-state index contributed by atoms with van der Waals surface area (Å²) in [5.74, 6) is 1.53. The molecule has 1 aromatic carbocycles. The molecule has 1 aromatic rings. The molecule has 0 saturated heterocycles. The lowest BCUT2D eigenvalue weighted by Crippen LogP contribution is -2.26. The molecule has 0 bridgehead atoms. The summed E-state index contributed by atoms with van der Waals surface area (Å²) in [6.07, 6.45) is 3.34. The van der Waals surface area contributed by atoms with Crippen molar-refractivity contribution in [1.29, 1.82) is 0 Å². The van der Waals surface area contributed by atoms with Crippen molar-refractivity contribution in [2.75, 3.05) is 20.8 Å². The van der Waals surface area contributed by atoms with E-state index in [1.807, 2.05) is 25.1 Å². The first kappa shape index (κ1) is 17.3. The third-order valence-electron chi connectivity index (χ3n) is 3.39. The average Bonchev–Trinajstić information content (AvgIpc) is 2.50. The summed E-state index contributed by atoms with van der Waals surface area (Å²) < 4.78 is 10.6. The Hall–Kier alpha value is -1.75. The fraction of sp³-hybridized carbons (Fsp3) is 0.562. The molecule has 0 fully saturated rings. The largest absolute Gasteiger partial charge is 0.497 e. The standard InChI is InChI=1S/C16H26N2O3/c1-12(18-16(19)7-5-4-6-10-17)14-11-13(20-2)8-9-15(14)21-3/h8-9,11-12H,4-7,10,17H2,1-3H3,(H,18,19). The Morgan fingerprint density at radius 2 is 2.00 bits per heavy atom. The first-order valence-corrected chi connectivity index (χ1v) is 7.33. The Kier molecular flexibility index (Phi) is 7.61. The van der Waals surface area contributed by atoms with E-state index in [1.54, 1.807) is 14.2 Å². The van der Waals surface area contributed by atoms with E-state index in [4.69, 9.17) is 15.2 Å². The normalized spacial score (nSPS) is 11.8. The number of ether oxygens (including phenoxy) is 2. The molecular formula is C16H26N2O3. The zero-order valence-corrected chi connectivity index (χ0v) is 13.1. The van der Waals surface area contributed by atoms with E-state index in [0.29, 0.717) is 13.0 Å². The molecule has 3 N–H and O–H groups in total. The highest BCUT2D eigenvalue weighted by molar-refractivity contribution is 5.76. The molecule has 118 valence electrons. The number of nitrogens with one attached hydrogen (secondary N) is 1. The summed E-state index contributed by atoms with van der Waals surface area (Å²) in [6, 6.07) is 5.44. The van der Waals surface area contributed by atoms with Gasteiger partial charge in [0, 0.05) is 12.0 Å². The van der Waals surface area contributed by atoms with Gasteiger partial charge in [-0.05, 0) is 44.5 Å². The molecule has 0 aliphatic rings. The van der Waals surface area contributed by atoms with Gasteiger partial charge in [0.2, 0.25) is 5.91 Å².